The van der Waals surface area contributed by atoms with Crippen molar-refractivity contribution in [3.05, 3.63) is 52.2 Å². The van der Waals surface area contributed by atoms with Crippen LogP contribution >= 0.6 is 34.7 Å². The number of carbonyl (C=O) groups excluding carboxylic acids is 1. The van der Waals surface area contributed by atoms with Gasteiger partial charge in [0.25, 0.3) is 5.12 Å². The lowest BCUT2D eigenvalue weighted by atomic mass is 10.2. The number of aromatic nitrogens is 2. The van der Waals surface area contributed by atoms with E-state index in [2.05, 4.69) is 10.2 Å². The van der Waals surface area contributed by atoms with Crippen LogP contribution in [0.3, 0.4) is 0 Å². The zero-order chi connectivity index (χ0) is 14.8. The molecular formula is C14H9ClN2O2S2. The molecule has 2 heterocycles. The molecule has 3 rings (SSSR count). The van der Waals surface area contributed by atoms with Crippen molar-refractivity contribution in [2.24, 2.45) is 0 Å². The van der Waals surface area contributed by atoms with Crippen LogP contribution in [0.4, 0.5) is 0 Å². The van der Waals surface area contributed by atoms with Crippen molar-refractivity contribution in [1.82, 2.24) is 10.2 Å². The monoisotopic (exact) mass is 336 g/mol. The molecule has 0 atom stereocenters. The van der Waals surface area contributed by atoms with E-state index < -0.39 is 0 Å². The Morgan fingerprint density at radius 2 is 2.05 bits per heavy atom. The molecule has 0 unspecified atom stereocenters. The highest BCUT2D eigenvalue weighted by Crippen LogP contribution is 2.31. The van der Waals surface area contributed by atoms with Crippen LogP contribution in [0, 0.1) is 6.92 Å². The maximum atomic E-state index is 12.1. The van der Waals surface area contributed by atoms with Gasteiger partial charge in [0.1, 0.15) is 10.8 Å². The Hall–Kier alpha value is -1.63. The first-order valence-electron chi connectivity index (χ1n) is 6.00. The minimum Gasteiger partial charge on any atom is -0.452 e. The molecule has 21 heavy (non-hydrogen) atoms. The Kier molecular flexibility index (Phi) is 4.10. The Bertz CT molecular complexity index is 798. The summed E-state index contributed by atoms with van der Waals surface area (Å²) in [5, 5.41) is 8.98. The van der Waals surface area contributed by atoms with E-state index in [1.807, 2.05) is 25.1 Å². The minimum atomic E-state index is -0.204. The zero-order valence-electron chi connectivity index (χ0n) is 10.9. The molecule has 0 aliphatic heterocycles. The van der Waals surface area contributed by atoms with E-state index in [1.54, 1.807) is 18.2 Å². The number of hydrogen-bond acceptors (Lipinski definition) is 6. The number of thioether (sulfide) groups is 1. The highest BCUT2D eigenvalue weighted by molar-refractivity contribution is 8.15. The van der Waals surface area contributed by atoms with Gasteiger partial charge in [0, 0.05) is 5.56 Å². The molecule has 0 amide bonds. The molecule has 3 aromatic rings. The maximum absolute atomic E-state index is 12.1. The number of carbonyl (C=O) groups is 1. The number of halogens is 1. The van der Waals surface area contributed by atoms with Crippen LogP contribution in [0.25, 0.3) is 11.3 Å². The van der Waals surface area contributed by atoms with Crippen LogP contribution in [0.15, 0.2) is 45.2 Å². The third-order valence-corrected chi connectivity index (χ3v) is 4.74. The van der Waals surface area contributed by atoms with Gasteiger partial charge in [-0.05, 0) is 43.0 Å². The summed E-state index contributed by atoms with van der Waals surface area (Å²) in [4.78, 5) is 12.1. The van der Waals surface area contributed by atoms with Crippen molar-refractivity contribution >= 4 is 39.8 Å². The second-order valence-corrected chi connectivity index (χ2v) is 6.93. The zero-order valence-corrected chi connectivity index (χ0v) is 13.3. The summed E-state index contributed by atoms with van der Waals surface area (Å²) in [6.45, 7) is 1.84. The summed E-state index contributed by atoms with van der Waals surface area (Å²) in [5.41, 5.74) is 0.759. The van der Waals surface area contributed by atoms with E-state index in [4.69, 9.17) is 16.0 Å². The second kappa shape index (κ2) is 6.01. The Labute approximate surface area is 134 Å². The highest BCUT2D eigenvalue weighted by Gasteiger charge is 2.17. The molecule has 0 fully saturated rings. The van der Waals surface area contributed by atoms with E-state index >= 15 is 0 Å². The smallest absolute Gasteiger partial charge is 0.261 e. The summed E-state index contributed by atoms with van der Waals surface area (Å²) in [6, 6.07) is 10.7. The lowest BCUT2D eigenvalue weighted by molar-refractivity contribution is 0.106. The van der Waals surface area contributed by atoms with E-state index in [0.717, 1.165) is 22.3 Å². The summed E-state index contributed by atoms with van der Waals surface area (Å²) < 4.78 is 6.20. The largest absolute Gasteiger partial charge is 0.452 e. The van der Waals surface area contributed by atoms with Gasteiger partial charge in [-0.25, -0.2) is 0 Å². The van der Waals surface area contributed by atoms with Gasteiger partial charge in [-0.3, -0.25) is 4.79 Å². The van der Waals surface area contributed by atoms with Crippen LogP contribution < -0.4 is 0 Å². The van der Waals surface area contributed by atoms with Gasteiger partial charge in [0.05, 0.1) is 5.02 Å². The summed E-state index contributed by atoms with van der Waals surface area (Å²) in [7, 11) is 0. The van der Waals surface area contributed by atoms with Crippen LogP contribution in [0.5, 0.6) is 0 Å². The Balaban J connectivity index is 1.82. The van der Waals surface area contributed by atoms with Crippen LogP contribution in [-0.4, -0.2) is 15.3 Å². The molecule has 4 nitrogen and oxygen atoms in total. The molecular weight excluding hydrogens is 328 g/mol. The molecule has 0 saturated heterocycles. The number of nitrogens with zero attached hydrogens (tertiary/aromatic N) is 2. The topological polar surface area (TPSA) is 56.0 Å². The molecule has 106 valence electrons. The standard InChI is InChI=1S/C14H9ClN2O2S2/c1-8-16-17-14(20-8)21-13(18)12-7-6-11(19-12)9-4-2-3-5-10(9)15/h2-7H,1H3. The molecule has 0 saturated carbocycles. The predicted octanol–water partition coefficient (Wildman–Crippen LogP) is 4.69. The number of rotatable bonds is 3. The number of aryl methyl sites for hydroxylation is 1. The van der Waals surface area contributed by atoms with Gasteiger partial charge in [-0.2, -0.15) is 0 Å². The Morgan fingerprint density at radius 3 is 2.76 bits per heavy atom. The number of benzene rings is 1. The average Bonchev–Trinajstić information content (AvgIpc) is 3.09. The first-order valence-corrected chi connectivity index (χ1v) is 8.01. The summed E-state index contributed by atoms with van der Waals surface area (Å²) in [6.07, 6.45) is 0. The van der Waals surface area contributed by atoms with E-state index in [9.17, 15) is 4.79 Å². The third-order valence-electron chi connectivity index (χ3n) is 2.63. The van der Waals surface area contributed by atoms with Crippen molar-refractivity contribution in [3.8, 4) is 11.3 Å². The first kappa shape index (κ1) is 14.3. The number of hydrogen-bond donors (Lipinski definition) is 0. The van der Waals surface area contributed by atoms with Gasteiger partial charge in [-0.15, -0.1) is 10.2 Å². The van der Waals surface area contributed by atoms with Crippen LogP contribution in [0.2, 0.25) is 5.02 Å². The minimum absolute atomic E-state index is 0.204. The molecule has 0 spiro atoms. The molecule has 2 aromatic heterocycles. The van der Waals surface area contributed by atoms with E-state index in [0.29, 0.717) is 15.1 Å². The number of furan rings is 1. The fourth-order valence-electron chi connectivity index (χ4n) is 1.70. The van der Waals surface area contributed by atoms with Crippen molar-refractivity contribution < 1.29 is 9.21 Å². The summed E-state index contributed by atoms with van der Waals surface area (Å²) >= 11 is 8.50. The molecule has 0 N–H and O–H groups in total. The quantitative estimate of drug-likeness (QED) is 0.649. The molecule has 0 aliphatic rings. The average molecular weight is 337 g/mol. The molecule has 0 radical (unpaired) electrons. The van der Waals surface area contributed by atoms with Gasteiger partial charge >= 0.3 is 0 Å². The Morgan fingerprint density at radius 1 is 1.24 bits per heavy atom. The predicted molar refractivity (Wildman–Crippen MR) is 84.0 cm³/mol. The fraction of sp³-hybridized carbons (Fsp3) is 0.0714. The maximum Gasteiger partial charge on any atom is 0.261 e. The van der Waals surface area contributed by atoms with Crippen molar-refractivity contribution in [2.45, 2.75) is 11.3 Å². The SMILES string of the molecule is Cc1nnc(SC(=O)c2ccc(-c3ccccc3Cl)o2)s1. The second-order valence-electron chi connectivity index (χ2n) is 4.12. The molecule has 1 aromatic carbocycles. The van der Waals surface area contributed by atoms with Crippen molar-refractivity contribution in [2.75, 3.05) is 0 Å². The summed E-state index contributed by atoms with van der Waals surface area (Å²) in [5.74, 6) is 0.834. The normalized spacial score (nSPS) is 10.8. The van der Waals surface area contributed by atoms with E-state index in [-0.39, 0.29) is 10.9 Å². The molecule has 0 aliphatic carbocycles. The lowest BCUT2D eigenvalue weighted by Gasteiger charge is -1.99. The fourth-order valence-corrected chi connectivity index (χ4v) is 3.55. The van der Waals surface area contributed by atoms with E-state index in [1.165, 1.54) is 11.3 Å². The molecule has 7 heteroatoms. The van der Waals surface area contributed by atoms with Crippen molar-refractivity contribution in [1.29, 1.82) is 0 Å². The van der Waals surface area contributed by atoms with Gasteiger partial charge in [-0.1, -0.05) is 35.1 Å². The first-order chi connectivity index (χ1) is 10.1. The third kappa shape index (κ3) is 3.18. The molecule has 0 bridgehead atoms. The lowest BCUT2D eigenvalue weighted by Crippen LogP contribution is -1.89. The van der Waals surface area contributed by atoms with Crippen LogP contribution in [-0.2, 0) is 0 Å². The van der Waals surface area contributed by atoms with Gasteiger partial charge in [0.2, 0.25) is 0 Å². The van der Waals surface area contributed by atoms with Gasteiger partial charge < -0.3 is 4.42 Å². The van der Waals surface area contributed by atoms with Gasteiger partial charge in [0.15, 0.2) is 10.1 Å². The van der Waals surface area contributed by atoms with Crippen LogP contribution in [0.1, 0.15) is 15.6 Å². The highest BCUT2D eigenvalue weighted by atomic mass is 35.5. The van der Waals surface area contributed by atoms with Crippen molar-refractivity contribution in [3.63, 3.8) is 0 Å².